The Morgan fingerprint density at radius 3 is 2.88 bits per heavy atom. The topological polar surface area (TPSA) is 29.9 Å². The van der Waals surface area contributed by atoms with Crippen LogP contribution in [0.2, 0.25) is 0 Å². The molecule has 1 N–H and O–H groups in total. The van der Waals surface area contributed by atoms with E-state index in [0.717, 1.165) is 25.4 Å². The molecule has 0 aliphatic rings. The van der Waals surface area contributed by atoms with Crippen molar-refractivity contribution in [2.75, 3.05) is 12.4 Å². The van der Waals surface area contributed by atoms with Gasteiger partial charge in [-0.2, -0.15) is 5.10 Å². The molecule has 1 aromatic heterocycles. The third-order valence-electron chi connectivity index (χ3n) is 3.01. The molecule has 1 heterocycles. The number of nitrogens with zero attached hydrogens (tertiary/aromatic N) is 2. The average Bonchev–Trinajstić information content (AvgIpc) is 2.69. The minimum atomic E-state index is 0.627. The van der Waals surface area contributed by atoms with Gasteiger partial charge in [0.25, 0.3) is 0 Å². The van der Waals surface area contributed by atoms with Crippen LogP contribution in [-0.4, -0.2) is 22.2 Å². The van der Waals surface area contributed by atoms with Crippen LogP contribution in [-0.2, 0) is 20.0 Å². The monoisotopic (exact) mass is 257 g/mol. The molecular formula is C13H24ClN3. The van der Waals surface area contributed by atoms with Crippen LogP contribution >= 0.6 is 11.6 Å². The Morgan fingerprint density at radius 2 is 2.29 bits per heavy atom. The summed E-state index contributed by atoms with van der Waals surface area (Å²) in [6.07, 6.45) is 3.38. The van der Waals surface area contributed by atoms with Crippen molar-refractivity contribution in [3.63, 3.8) is 0 Å². The van der Waals surface area contributed by atoms with Crippen molar-refractivity contribution in [1.29, 1.82) is 0 Å². The molecule has 0 aromatic carbocycles. The molecule has 17 heavy (non-hydrogen) atoms. The lowest BCUT2D eigenvalue weighted by molar-refractivity contribution is 0.524. The van der Waals surface area contributed by atoms with Gasteiger partial charge in [-0.15, -0.1) is 11.6 Å². The number of halogens is 1. The predicted molar refractivity (Wildman–Crippen MR) is 73.4 cm³/mol. The van der Waals surface area contributed by atoms with Gasteiger partial charge >= 0.3 is 0 Å². The molecule has 1 atom stereocenters. The number of nitrogens with one attached hydrogen (secondary N) is 1. The molecule has 0 radical (unpaired) electrons. The largest absolute Gasteiger partial charge is 0.311 e. The summed E-state index contributed by atoms with van der Waals surface area (Å²) in [6, 6.07) is 2.17. The Kier molecular flexibility index (Phi) is 6.60. The Hall–Kier alpha value is -0.540. The molecule has 0 aliphatic heterocycles. The van der Waals surface area contributed by atoms with Gasteiger partial charge in [-0.25, -0.2) is 0 Å². The van der Waals surface area contributed by atoms with Gasteiger partial charge in [0.1, 0.15) is 0 Å². The van der Waals surface area contributed by atoms with E-state index in [-0.39, 0.29) is 0 Å². The smallest absolute Gasteiger partial charge is 0.0625 e. The highest BCUT2D eigenvalue weighted by molar-refractivity contribution is 6.18. The molecule has 0 aliphatic carbocycles. The van der Waals surface area contributed by atoms with Crippen LogP contribution < -0.4 is 5.32 Å². The maximum absolute atomic E-state index is 5.77. The lowest BCUT2D eigenvalue weighted by Gasteiger charge is -2.08. The number of alkyl halides is 1. The molecule has 0 spiro atoms. The van der Waals surface area contributed by atoms with Crippen LogP contribution in [0.3, 0.4) is 0 Å². The number of hydrogen-bond acceptors (Lipinski definition) is 2. The first-order valence-corrected chi connectivity index (χ1v) is 6.99. The third-order valence-corrected chi connectivity index (χ3v) is 3.54. The second-order valence-corrected chi connectivity index (χ2v) is 4.99. The maximum atomic E-state index is 5.77. The molecule has 0 fully saturated rings. The van der Waals surface area contributed by atoms with Gasteiger partial charge in [0.2, 0.25) is 0 Å². The van der Waals surface area contributed by atoms with E-state index in [0.29, 0.717) is 5.92 Å². The van der Waals surface area contributed by atoms with Crippen molar-refractivity contribution in [3.8, 4) is 0 Å². The van der Waals surface area contributed by atoms with E-state index in [4.69, 9.17) is 11.6 Å². The van der Waals surface area contributed by atoms with Crippen molar-refractivity contribution < 1.29 is 0 Å². The fourth-order valence-electron chi connectivity index (χ4n) is 1.78. The molecule has 4 heteroatoms. The molecule has 0 amide bonds. The van der Waals surface area contributed by atoms with E-state index in [1.54, 1.807) is 0 Å². The molecule has 1 rings (SSSR count). The van der Waals surface area contributed by atoms with Gasteiger partial charge in [-0.1, -0.05) is 13.8 Å². The fourth-order valence-corrected chi connectivity index (χ4v) is 1.93. The summed E-state index contributed by atoms with van der Waals surface area (Å²) in [5.41, 5.74) is 2.42. The molecule has 0 saturated carbocycles. The van der Waals surface area contributed by atoms with Crippen molar-refractivity contribution in [2.45, 2.75) is 39.7 Å². The Morgan fingerprint density at radius 1 is 1.53 bits per heavy atom. The summed E-state index contributed by atoms with van der Waals surface area (Å²) in [6.45, 7) is 6.28. The van der Waals surface area contributed by atoms with E-state index < -0.39 is 0 Å². The molecule has 1 aromatic rings. The second-order valence-electron chi connectivity index (χ2n) is 4.68. The highest BCUT2D eigenvalue weighted by Gasteiger charge is 2.03. The first-order chi connectivity index (χ1) is 8.17. The average molecular weight is 258 g/mol. The lowest BCUT2D eigenvalue weighted by atomic mass is 10.1. The highest BCUT2D eigenvalue weighted by atomic mass is 35.5. The van der Waals surface area contributed by atoms with Crippen molar-refractivity contribution in [2.24, 2.45) is 13.0 Å². The molecule has 0 saturated heterocycles. The van der Waals surface area contributed by atoms with Crippen molar-refractivity contribution in [1.82, 2.24) is 15.1 Å². The zero-order valence-electron chi connectivity index (χ0n) is 11.2. The van der Waals surface area contributed by atoms with Gasteiger partial charge in [0, 0.05) is 19.5 Å². The van der Waals surface area contributed by atoms with Crippen LogP contribution in [0.1, 0.15) is 38.1 Å². The number of aryl methyl sites for hydroxylation is 2. The molecular weight excluding hydrogens is 234 g/mol. The van der Waals surface area contributed by atoms with Crippen LogP contribution in [0.25, 0.3) is 0 Å². The first-order valence-electron chi connectivity index (χ1n) is 6.45. The summed E-state index contributed by atoms with van der Waals surface area (Å²) in [4.78, 5) is 0. The van der Waals surface area contributed by atoms with Crippen LogP contribution in [0.15, 0.2) is 6.07 Å². The zero-order valence-corrected chi connectivity index (χ0v) is 11.9. The zero-order chi connectivity index (χ0) is 12.7. The van der Waals surface area contributed by atoms with E-state index >= 15 is 0 Å². The van der Waals surface area contributed by atoms with E-state index in [1.165, 1.54) is 24.2 Å². The predicted octanol–water partition coefficient (Wildman–Crippen LogP) is 2.73. The summed E-state index contributed by atoms with van der Waals surface area (Å²) >= 11 is 5.77. The standard InChI is InChI=1S/C13H24ClN3/c1-4-12-8-13(17(3)16-12)10-15-7-5-6-11(2)9-14/h8,11,15H,4-7,9-10H2,1-3H3. The summed E-state index contributed by atoms with van der Waals surface area (Å²) in [5, 5.41) is 7.88. The van der Waals surface area contributed by atoms with E-state index in [9.17, 15) is 0 Å². The second kappa shape index (κ2) is 7.72. The van der Waals surface area contributed by atoms with Gasteiger partial charge in [0.15, 0.2) is 0 Å². The van der Waals surface area contributed by atoms with E-state index in [1.807, 2.05) is 11.7 Å². The molecule has 0 bridgehead atoms. The number of hydrogen-bond donors (Lipinski definition) is 1. The summed E-state index contributed by atoms with van der Waals surface area (Å²) in [5.74, 6) is 1.39. The summed E-state index contributed by atoms with van der Waals surface area (Å²) < 4.78 is 1.97. The minimum Gasteiger partial charge on any atom is -0.311 e. The molecule has 1 unspecified atom stereocenters. The molecule has 3 nitrogen and oxygen atoms in total. The van der Waals surface area contributed by atoms with Crippen LogP contribution in [0, 0.1) is 5.92 Å². The van der Waals surface area contributed by atoms with Crippen molar-refractivity contribution >= 4 is 11.6 Å². The van der Waals surface area contributed by atoms with Gasteiger partial charge in [0.05, 0.1) is 11.4 Å². The quantitative estimate of drug-likeness (QED) is 0.573. The Balaban J connectivity index is 2.19. The highest BCUT2D eigenvalue weighted by Crippen LogP contribution is 2.07. The van der Waals surface area contributed by atoms with Crippen molar-refractivity contribution in [3.05, 3.63) is 17.5 Å². The van der Waals surface area contributed by atoms with Crippen LogP contribution in [0.4, 0.5) is 0 Å². The van der Waals surface area contributed by atoms with Gasteiger partial charge < -0.3 is 5.32 Å². The van der Waals surface area contributed by atoms with E-state index in [2.05, 4.69) is 30.3 Å². The number of rotatable bonds is 8. The Labute approximate surface area is 110 Å². The first kappa shape index (κ1) is 14.5. The number of aromatic nitrogens is 2. The lowest BCUT2D eigenvalue weighted by Crippen LogP contribution is -2.17. The van der Waals surface area contributed by atoms with Gasteiger partial charge in [-0.3, -0.25) is 4.68 Å². The van der Waals surface area contributed by atoms with Gasteiger partial charge in [-0.05, 0) is 37.8 Å². The fraction of sp³-hybridized carbons (Fsp3) is 0.769. The minimum absolute atomic E-state index is 0.627. The normalized spacial score (nSPS) is 12.9. The van der Waals surface area contributed by atoms with Crippen LogP contribution in [0.5, 0.6) is 0 Å². The Bertz CT molecular complexity index is 322. The SMILES string of the molecule is CCc1cc(CNCCCC(C)CCl)n(C)n1. The maximum Gasteiger partial charge on any atom is 0.0625 e. The molecule has 98 valence electrons. The summed E-state index contributed by atoms with van der Waals surface area (Å²) in [7, 11) is 2.01. The third kappa shape index (κ3) is 5.09.